The van der Waals surface area contributed by atoms with E-state index in [9.17, 15) is 4.79 Å². The van der Waals surface area contributed by atoms with Crippen LogP contribution in [0.5, 0.6) is 0 Å². The van der Waals surface area contributed by atoms with Gasteiger partial charge in [-0.1, -0.05) is 24.3 Å². The Kier molecular flexibility index (Phi) is 2.23. The second kappa shape index (κ2) is 3.62. The summed E-state index contributed by atoms with van der Waals surface area (Å²) in [6, 6.07) is 8.51. The van der Waals surface area contributed by atoms with Crippen LogP contribution in [0, 0.1) is 11.8 Å². The van der Waals surface area contributed by atoms with Crippen LogP contribution in [0.25, 0.3) is 0 Å². The summed E-state index contributed by atoms with van der Waals surface area (Å²) in [4.78, 5) is 11.8. The molecule has 1 saturated carbocycles. The minimum absolute atomic E-state index is 0.00852. The van der Waals surface area contributed by atoms with Gasteiger partial charge in [-0.3, -0.25) is 4.79 Å². The van der Waals surface area contributed by atoms with Crippen LogP contribution in [-0.4, -0.2) is 12.6 Å². The Bertz CT molecular complexity index is 424. The van der Waals surface area contributed by atoms with Gasteiger partial charge in [0.1, 0.15) is 0 Å². The average Bonchev–Trinajstić information content (AvgIpc) is 3.04. The normalized spacial score (nSPS) is 30.2. The third kappa shape index (κ3) is 1.36. The zero-order chi connectivity index (χ0) is 11.1. The van der Waals surface area contributed by atoms with Crippen molar-refractivity contribution in [3.05, 3.63) is 35.4 Å². The van der Waals surface area contributed by atoms with Crippen molar-refractivity contribution in [1.82, 2.24) is 0 Å². The number of carbonyl (C=O) groups excluding carboxylic acids is 1. The average molecular weight is 216 g/mol. The summed E-state index contributed by atoms with van der Waals surface area (Å²) in [5, 5.41) is 0. The number of rotatable bonds is 2. The summed E-state index contributed by atoms with van der Waals surface area (Å²) in [5.74, 6) is 1.15. The van der Waals surface area contributed by atoms with Crippen molar-refractivity contribution < 1.29 is 9.53 Å². The first-order valence-corrected chi connectivity index (χ1v) is 6.07. The molecule has 0 aliphatic heterocycles. The van der Waals surface area contributed by atoms with Crippen LogP contribution in [0.3, 0.4) is 0 Å². The van der Waals surface area contributed by atoms with Gasteiger partial charge in [0.05, 0.1) is 12.5 Å². The van der Waals surface area contributed by atoms with Gasteiger partial charge in [0.15, 0.2) is 0 Å². The molecular formula is C14H16O2. The lowest BCUT2D eigenvalue weighted by atomic mass is 9.92. The molecule has 3 rings (SSSR count). The first kappa shape index (κ1) is 9.88. The van der Waals surface area contributed by atoms with Crippen molar-refractivity contribution in [2.24, 2.45) is 11.8 Å². The van der Waals surface area contributed by atoms with Crippen LogP contribution in [-0.2, 0) is 16.0 Å². The Hall–Kier alpha value is -1.31. The van der Waals surface area contributed by atoms with Crippen molar-refractivity contribution in [3.63, 3.8) is 0 Å². The van der Waals surface area contributed by atoms with Gasteiger partial charge in [0, 0.05) is 5.92 Å². The molecule has 2 nitrogen and oxygen atoms in total. The monoisotopic (exact) mass is 216 g/mol. The second-order valence-electron chi connectivity index (χ2n) is 4.70. The van der Waals surface area contributed by atoms with E-state index in [0.29, 0.717) is 18.4 Å². The summed E-state index contributed by atoms with van der Waals surface area (Å²) in [5.41, 5.74) is 2.81. The minimum atomic E-state index is 0.00852. The molecule has 1 aromatic carbocycles. The van der Waals surface area contributed by atoms with Crippen molar-refractivity contribution in [2.45, 2.75) is 25.7 Å². The van der Waals surface area contributed by atoms with E-state index in [1.54, 1.807) is 0 Å². The topological polar surface area (TPSA) is 26.3 Å². The van der Waals surface area contributed by atoms with Crippen molar-refractivity contribution in [2.75, 3.05) is 6.61 Å². The number of benzene rings is 1. The molecule has 2 aliphatic carbocycles. The highest BCUT2D eigenvalue weighted by molar-refractivity contribution is 5.78. The smallest absolute Gasteiger partial charge is 0.309 e. The maximum Gasteiger partial charge on any atom is 0.309 e. The summed E-state index contributed by atoms with van der Waals surface area (Å²) in [6.45, 7) is 2.37. The molecule has 1 fully saturated rings. The lowest BCUT2D eigenvalue weighted by Crippen LogP contribution is -2.08. The highest BCUT2D eigenvalue weighted by Crippen LogP contribution is 2.60. The van der Waals surface area contributed by atoms with Gasteiger partial charge < -0.3 is 4.74 Å². The van der Waals surface area contributed by atoms with E-state index in [1.807, 2.05) is 6.92 Å². The fourth-order valence-electron chi connectivity index (χ4n) is 3.13. The molecular weight excluding hydrogens is 200 g/mol. The van der Waals surface area contributed by atoms with Crippen LogP contribution in [0.2, 0.25) is 0 Å². The molecule has 0 saturated heterocycles. The molecule has 2 aliphatic rings. The zero-order valence-corrected chi connectivity index (χ0v) is 9.48. The van der Waals surface area contributed by atoms with Gasteiger partial charge in [-0.25, -0.2) is 0 Å². The third-order valence-electron chi connectivity index (χ3n) is 3.89. The molecule has 1 aromatic rings. The fourth-order valence-corrected chi connectivity index (χ4v) is 3.13. The Morgan fingerprint density at radius 2 is 2.25 bits per heavy atom. The van der Waals surface area contributed by atoms with E-state index >= 15 is 0 Å². The van der Waals surface area contributed by atoms with Crippen molar-refractivity contribution >= 4 is 5.97 Å². The predicted octanol–water partition coefficient (Wildman–Crippen LogP) is 2.53. The Morgan fingerprint density at radius 3 is 3.06 bits per heavy atom. The summed E-state index contributed by atoms with van der Waals surface area (Å²) in [6.07, 6.45) is 2.26. The lowest BCUT2D eigenvalue weighted by molar-refractivity contribution is -0.145. The van der Waals surface area contributed by atoms with Crippen LogP contribution in [0.15, 0.2) is 24.3 Å². The van der Waals surface area contributed by atoms with E-state index in [4.69, 9.17) is 4.74 Å². The van der Waals surface area contributed by atoms with Gasteiger partial charge >= 0.3 is 5.97 Å². The lowest BCUT2D eigenvalue weighted by Gasteiger charge is -2.13. The fraction of sp³-hybridized carbons (Fsp3) is 0.500. The number of hydrogen-bond acceptors (Lipinski definition) is 2. The van der Waals surface area contributed by atoms with Crippen LogP contribution >= 0.6 is 0 Å². The van der Waals surface area contributed by atoms with Crippen molar-refractivity contribution in [3.8, 4) is 0 Å². The highest BCUT2D eigenvalue weighted by Gasteiger charge is 2.57. The Morgan fingerprint density at radius 1 is 1.44 bits per heavy atom. The number of aryl methyl sites for hydroxylation is 1. The highest BCUT2D eigenvalue weighted by atomic mass is 16.5. The first-order valence-electron chi connectivity index (χ1n) is 6.07. The predicted molar refractivity (Wildman–Crippen MR) is 61.1 cm³/mol. The van der Waals surface area contributed by atoms with E-state index < -0.39 is 0 Å². The van der Waals surface area contributed by atoms with Gasteiger partial charge in [-0.05, 0) is 36.8 Å². The summed E-state index contributed by atoms with van der Waals surface area (Å²) >= 11 is 0. The molecule has 2 heteroatoms. The maximum absolute atomic E-state index is 11.8. The molecule has 0 spiro atoms. The molecule has 0 heterocycles. The molecule has 0 unspecified atom stereocenters. The number of hydrogen-bond donors (Lipinski definition) is 0. The molecule has 0 N–H and O–H groups in total. The number of esters is 1. The van der Waals surface area contributed by atoms with Crippen LogP contribution < -0.4 is 0 Å². The maximum atomic E-state index is 11.8. The minimum Gasteiger partial charge on any atom is -0.466 e. The van der Waals surface area contributed by atoms with Gasteiger partial charge in [0.25, 0.3) is 0 Å². The molecule has 3 atom stereocenters. The van der Waals surface area contributed by atoms with Crippen LogP contribution in [0.1, 0.15) is 30.4 Å². The SMILES string of the molecule is CCOC(=O)[C@H]1[C@@H]2CCc3ccccc3[C@@H]21. The Balaban J connectivity index is 1.85. The zero-order valence-electron chi connectivity index (χ0n) is 9.48. The van der Waals surface area contributed by atoms with Gasteiger partial charge in [0.2, 0.25) is 0 Å². The molecule has 0 bridgehead atoms. The second-order valence-corrected chi connectivity index (χ2v) is 4.70. The molecule has 0 radical (unpaired) electrons. The number of carbonyl (C=O) groups is 1. The van der Waals surface area contributed by atoms with Gasteiger partial charge in [-0.2, -0.15) is 0 Å². The largest absolute Gasteiger partial charge is 0.466 e. The van der Waals surface area contributed by atoms with Crippen LogP contribution in [0.4, 0.5) is 0 Å². The third-order valence-corrected chi connectivity index (χ3v) is 3.89. The molecule has 0 amide bonds. The first-order chi connectivity index (χ1) is 7.83. The van der Waals surface area contributed by atoms with E-state index in [0.717, 1.165) is 12.8 Å². The van der Waals surface area contributed by atoms with E-state index in [1.165, 1.54) is 11.1 Å². The molecule has 84 valence electrons. The number of ether oxygens (including phenoxy) is 1. The molecule has 16 heavy (non-hydrogen) atoms. The quantitative estimate of drug-likeness (QED) is 0.710. The Labute approximate surface area is 95.6 Å². The number of fused-ring (bicyclic) bond motifs is 3. The van der Waals surface area contributed by atoms with Gasteiger partial charge in [-0.15, -0.1) is 0 Å². The van der Waals surface area contributed by atoms with E-state index in [-0.39, 0.29) is 11.9 Å². The summed E-state index contributed by atoms with van der Waals surface area (Å²) < 4.78 is 5.13. The van der Waals surface area contributed by atoms with E-state index in [2.05, 4.69) is 24.3 Å². The van der Waals surface area contributed by atoms with Crippen molar-refractivity contribution in [1.29, 1.82) is 0 Å². The summed E-state index contributed by atoms with van der Waals surface area (Å²) in [7, 11) is 0. The molecule has 0 aromatic heterocycles. The standard InChI is InChI=1S/C14H16O2/c1-2-16-14(15)13-11-8-7-9-5-3-4-6-10(9)12(11)13/h3-6,11-13H,2,7-8H2,1H3/t11-,12+,13+/m1/s1.